The quantitative estimate of drug-likeness (QED) is 0.205. The van der Waals surface area contributed by atoms with Gasteiger partial charge in [-0.3, -0.25) is 14.9 Å². The summed E-state index contributed by atoms with van der Waals surface area (Å²) in [5, 5.41) is 16.8. The van der Waals surface area contributed by atoms with E-state index in [4.69, 9.17) is 10.5 Å². The predicted octanol–water partition coefficient (Wildman–Crippen LogP) is 4.32. The van der Waals surface area contributed by atoms with Gasteiger partial charge in [0.15, 0.2) is 0 Å². The molecule has 5 N–H and O–H groups in total. The van der Waals surface area contributed by atoms with E-state index in [1.54, 1.807) is 20.8 Å². The van der Waals surface area contributed by atoms with Gasteiger partial charge in [-0.1, -0.05) is 85.8 Å². The van der Waals surface area contributed by atoms with E-state index in [9.17, 15) is 14.7 Å². The summed E-state index contributed by atoms with van der Waals surface area (Å²) in [6.45, 7) is 7.94. The number of carbonyl (C=O) groups is 2. The van der Waals surface area contributed by atoms with Gasteiger partial charge in [0.1, 0.15) is 11.8 Å². The minimum Gasteiger partial charge on any atom is -0.460 e. The Labute approximate surface area is 231 Å². The molecule has 0 aliphatic carbocycles. The summed E-state index contributed by atoms with van der Waals surface area (Å²) < 4.78 is 5.45. The second-order valence-corrected chi connectivity index (χ2v) is 10.9. The first-order chi connectivity index (χ1) is 18.5. The summed E-state index contributed by atoms with van der Waals surface area (Å²) >= 11 is 0. The fraction of sp³-hybridized carbons (Fsp3) is 0.375. The molecule has 0 aliphatic rings. The van der Waals surface area contributed by atoms with Crippen LogP contribution in [-0.2, 0) is 33.8 Å². The highest BCUT2D eigenvalue weighted by atomic mass is 16.6. The smallest absolute Gasteiger partial charge is 0.308 e. The molecule has 3 rings (SSSR count). The molecule has 1 amide bonds. The zero-order chi connectivity index (χ0) is 28.4. The maximum absolute atomic E-state index is 13.2. The lowest BCUT2D eigenvalue weighted by Crippen LogP contribution is -2.52. The minimum atomic E-state index is -1.17. The highest BCUT2D eigenvalue weighted by molar-refractivity contribution is 5.80. The topological polar surface area (TPSA) is 114 Å². The van der Waals surface area contributed by atoms with E-state index in [-0.39, 0.29) is 18.2 Å². The van der Waals surface area contributed by atoms with Crippen molar-refractivity contribution in [2.45, 2.75) is 71.5 Å². The molecular weight excluding hydrogens is 490 g/mol. The molecule has 0 heterocycles. The Morgan fingerprint density at radius 2 is 1.54 bits per heavy atom. The second-order valence-electron chi connectivity index (χ2n) is 10.9. The first kappa shape index (κ1) is 30.0. The summed E-state index contributed by atoms with van der Waals surface area (Å²) in [5.74, 6) is -1.12. The molecule has 3 atom stereocenters. The van der Waals surface area contributed by atoms with Crippen molar-refractivity contribution in [1.82, 2.24) is 10.6 Å². The van der Waals surface area contributed by atoms with Gasteiger partial charge < -0.3 is 20.9 Å². The number of carbonyl (C=O) groups excluding carboxylic acids is 2. The maximum Gasteiger partial charge on any atom is 0.308 e. The Morgan fingerprint density at radius 3 is 2.18 bits per heavy atom. The zero-order valence-corrected chi connectivity index (χ0v) is 23.3. The van der Waals surface area contributed by atoms with Gasteiger partial charge in [0.05, 0.1) is 12.5 Å². The molecule has 0 radical (unpaired) electrons. The van der Waals surface area contributed by atoms with E-state index in [1.165, 1.54) is 0 Å². The van der Waals surface area contributed by atoms with Gasteiger partial charge in [-0.15, -0.1) is 0 Å². The Morgan fingerprint density at radius 1 is 0.897 bits per heavy atom. The van der Waals surface area contributed by atoms with Gasteiger partial charge in [0.2, 0.25) is 5.91 Å². The SMILES string of the molecule is C[C@@H](Cc1ccc(-c2ccccc2)cc1)C(=O)N[C@@H](CC(=O)OC(C)(C)C)[C@@H](O)NCc1cccc(CN)c1. The molecule has 3 aromatic carbocycles. The van der Waals surface area contributed by atoms with Crippen LogP contribution in [0.2, 0.25) is 0 Å². The lowest BCUT2D eigenvalue weighted by atomic mass is 9.97. The van der Waals surface area contributed by atoms with Crippen LogP contribution in [0.25, 0.3) is 11.1 Å². The molecule has 7 heteroatoms. The minimum absolute atomic E-state index is 0.168. The number of hydrogen-bond acceptors (Lipinski definition) is 6. The van der Waals surface area contributed by atoms with Crippen molar-refractivity contribution in [2.75, 3.05) is 0 Å². The van der Waals surface area contributed by atoms with E-state index in [0.717, 1.165) is 27.8 Å². The van der Waals surface area contributed by atoms with Crippen LogP contribution < -0.4 is 16.4 Å². The number of rotatable bonds is 12. The lowest BCUT2D eigenvalue weighted by molar-refractivity contribution is -0.156. The van der Waals surface area contributed by atoms with E-state index in [2.05, 4.69) is 22.8 Å². The third kappa shape index (κ3) is 9.94. The van der Waals surface area contributed by atoms with E-state index in [0.29, 0.717) is 19.5 Å². The first-order valence-electron chi connectivity index (χ1n) is 13.4. The zero-order valence-electron chi connectivity index (χ0n) is 23.3. The molecule has 0 aromatic heterocycles. The number of hydrogen-bond donors (Lipinski definition) is 4. The molecule has 7 nitrogen and oxygen atoms in total. The van der Waals surface area contributed by atoms with Crippen LogP contribution in [0.1, 0.15) is 50.8 Å². The van der Waals surface area contributed by atoms with E-state index < -0.39 is 23.8 Å². The van der Waals surface area contributed by atoms with E-state index in [1.807, 2.05) is 73.7 Å². The molecule has 208 valence electrons. The van der Waals surface area contributed by atoms with Crippen molar-refractivity contribution in [1.29, 1.82) is 0 Å². The molecule has 3 aromatic rings. The van der Waals surface area contributed by atoms with Gasteiger partial charge in [-0.25, -0.2) is 0 Å². The largest absolute Gasteiger partial charge is 0.460 e. The highest BCUT2D eigenvalue weighted by Gasteiger charge is 2.28. The van der Waals surface area contributed by atoms with Crippen molar-refractivity contribution < 1.29 is 19.4 Å². The fourth-order valence-corrected chi connectivity index (χ4v) is 4.27. The lowest BCUT2D eigenvalue weighted by Gasteiger charge is -2.27. The molecular formula is C32H41N3O4. The maximum atomic E-state index is 13.2. The van der Waals surface area contributed by atoms with Crippen LogP contribution in [0.3, 0.4) is 0 Å². The molecule has 0 saturated heterocycles. The second kappa shape index (κ2) is 14.0. The molecule has 0 fully saturated rings. The van der Waals surface area contributed by atoms with Gasteiger partial charge in [-0.05, 0) is 55.0 Å². The normalized spacial score (nSPS) is 13.8. The van der Waals surface area contributed by atoms with Crippen LogP contribution in [0.5, 0.6) is 0 Å². The average Bonchev–Trinajstić information content (AvgIpc) is 2.91. The number of amides is 1. The number of aliphatic hydroxyl groups excluding tert-OH is 1. The molecule has 0 aliphatic heterocycles. The van der Waals surface area contributed by atoms with Gasteiger partial charge in [0.25, 0.3) is 0 Å². The summed E-state index contributed by atoms with van der Waals surface area (Å²) in [5.41, 5.74) is 10.2. The standard InChI is InChI=1S/C32H41N3O4/c1-22(17-23-13-15-27(16-14-23)26-11-6-5-7-12-26)30(37)35-28(19-29(36)39-32(2,3)4)31(38)34-21-25-10-8-9-24(18-25)20-33/h5-16,18,22,28,31,34,38H,17,19-21,33H2,1-4H3,(H,35,37)/t22-,28-,31+/m0/s1. The Bertz CT molecular complexity index is 1210. The van der Waals surface area contributed by atoms with Gasteiger partial charge in [0, 0.05) is 19.0 Å². The van der Waals surface area contributed by atoms with Crippen molar-refractivity contribution in [3.05, 3.63) is 95.6 Å². The average molecular weight is 532 g/mol. The van der Waals surface area contributed by atoms with E-state index >= 15 is 0 Å². The third-order valence-corrected chi connectivity index (χ3v) is 6.31. The fourth-order valence-electron chi connectivity index (χ4n) is 4.27. The van der Waals surface area contributed by atoms with Crippen molar-refractivity contribution in [3.63, 3.8) is 0 Å². The van der Waals surface area contributed by atoms with Crippen molar-refractivity contribution >= 4 is 11.9 Å². The Kier molecular flexibility index (Phi) is 10.8. The van der Waals surface area contributed by atoms with Crippen LogP contribution in [-0.4, -0.2) is 34.9 Å². The molecule has 0 bridgehead atoms. The summed E-state index contributed by atoms with van der Waals surface area (Å²) in [6.07, 6.45) is -0.811. The van der Waals surface area contributed by atoms with Gasteiger partial charge in [-0.2, -0.15) is 0 Å². The van der Waals surface area contributed by atoms with Crippen molar-refractivity contribution in [3.8, 4) is 11.1 Å². The molecule has 0 saturated carbocycles. The molecule has 0 spiro atoms. The Balaban J connectivity index is 1.64. The van der Waals surface area contributed by atoms with Crippen LogP contribution in [0.15, 0.2) is 78.9 Å². The number of nitrogens with two attached hydrogens (primary N) is 1. The number of ether oxygens (including phenoxy) is 1. The highest BCUT2D eigenvalue weighted by Crippen LogP contribution is 2.21. The Hall–Kier alpha value is -3.52. The number of aliphatic hydroxyl groups is 1. The van der Waals surface area contributed by atoms with Crippen molar-refractivity contribution in [2.24, 2.45) is 11.7 Å². The predicted molar refractivity (Wildman–Crippen MR) is 154 cm³/mol. The monoisotopic (exact) mass is 531 g/mol. The first-order valence-corrected chi connectivity index (χ1v) is 13.4. The van der Waals surface area contributed by atoms with Crippen LogP contribution in [0.4, 0.5) is 0 Å². The summed E-state index contributed by atoms with van der Waals surface area (Å²) in [6, 6.07) is 25.1. The molecule has 0 unspecified atom stereocenters. The number of nitrogens with one attached hydrogen (secondary N) is 2. The van der Waals surface area contributed by atoms with Crippen LogP contribution >= 0.6 is 0 Å². The summed E-state index contributed by atoms with van der Waals surface area (Å²) in [7, 11) is 0. The van der Waals surface area contributed by atoms with Crippen LogP contribution in [0, 0.1) is 5.92 Å². The number of benzene rings is 3. The third-order valence-electron chi connectivity index (χ3n) is 6.31. The summed E-state index contributed by atoms with van der Waals surface area (Å²) in [4.78, 5) is 25.8. The molecule has 39 heavy (non-hydrogen) atoms. The number of esters is 1. The van der Waals surface area contributed by atoms with Gasteiger partial charge >= 0.3 is 5.97 Å².